The highest BCUT2D eigenvalue weighted by Gasteiger charge is 2.80. The predicted octanol–water partition coefficient (Wildman–Crippen LogP) is -1.75. The number of carbonyl (C=O) groups excluding carboxylic acids is 8. The molecule has 17 rings (SSSR count). The summed E-state index contributed by atoms with van der Waals surface area (Å²) < 4.78 is 155. The van der Waals surface area contributed by atoms with Gasteiger partial charge >= 0.3 is 48.2 Å². The Kier molecular flexibility index (Phi) is 19.2. The molecule has 604 valence electrons. The maximum absolute atomic E-state index is 15.6. The fourth-order valence-electron chi connectivity index (χ4n) is 18.1. The standard InChI is InChI=1S/C54H68N16O24S4.2C4H10N2/c1-51-53(3)67-27-59-41-39-55(43(59)71)25-57-40-42-61(45(57)73)29-69-49(77)65-23-33-34(38(94-16-8-20-98(88,89)90)12-11-37(33)93-15-7-19-97(85,86)87)24-66-50(78)70(54(69,4)52(65,66)2)30-62(42)46(74)58(40)26-56(39)44(72)60(41)28-68(53)48(76)64(51)22-32-31(21-63(51)47(67)75)35(91-13-5-17-95(79,80)81)9-10-36(32)92-14-6-18-96(82,83)84;2*1-2-6-4-3-5-1/h9-12,39-42H,5-8,13-30H2,1-4H3,(H,79,80,81)(H,82,83,84)(H,85,86,87)(H,88,89,90);2*5-6H,1-4H2. The fraction of sp³-hybridized carbons (Fsp3) is 0.677. The lowest BCUT2D eigenvalue weighted by molar-refractivity contribution is -0.0871. The fourth-order valence-corrected chi connectivity index (χ4v) is 20.0. The number of carbonyl (C=O) groups is 8. The number of amides is 16. The minimum absolute atomic E-state index is 0.140. The number of urea groups is 8. The van der Waals surface area contributed by atoms with Crippen LogP contribution in [0.3, 0.4) is 0 Å². The van der Waals surface area contributed by atoms with E-state index in [1.807, 2.05) is 0 Å². The maximum atomic E-state index is 15.6. The summed E-state index contributed by atoms with van der Waals surface area (Å²) >= 11 is 0. The van der Waals surface area contributed by atoms with Crippen molar-refractivity contribution < 1.29 is 109 Å². The van der Waals surface area contributed by atoms with Gasteiger partial charge in [-0.05, 0) is 77.6 Å². The molecule has 13 saturated heterocycles. The smallest absolute Gasteiger partial charge is 0.326 e. The molecule has 0 radical (unpaired) electrons. The third-order valence-electron chi connectivity index (χ3n) is 23.8. The summed E-state index contributed by atoms with van der Waals surface area (Å²) in [7, 11) is -17.5. The molecule has 0 aromatic heterocycles. The van der Waals surface area contributed by atoms with Crippen molar-refractivity contribution in [2.24, 2.45) is 0 Å². The zero-order valence-electron chi connectivity index (χ0n) is 60.6. The van der Waals surface area contributed by atoms with E-state index in [1.54, 1.807) is 27.7 Å². The van der Waals surface area contributed by atoms with Gasteiger partial charge in [-0.3, -0.25) is 96.6 Å². The summed E-state index contributed by atoms with van der Waals surface area (Å²) in [6.45, 7) is 10.1. The third-order valence-corrected chi connectivity index (χ3v) is 27.0. The van der Waals surface area contributed by atoms with Crippen LogP contribution in [0.25, 0.3) is 0 Å². The van der Waals surface area contributed by atoms with Crippen LogP contribution in [-0.4, -0.2) is 368 Å². The van der Waals surface area contributed by atoms with E-state index in [2.05, 4.69) is 21.3 Å². The number of nitrogens with zero attached hydrogens (tertiary/aromatic N) is 16. The van der Waals surface area contributed by atoms with E-state index in [-0.39, 0.29) is 101 Å². The first-order valence-electron chi connectivity index (χ1n) is 36.0. The lowest BCUT2D eigenvalue weighted by Gasteiger charge is -2.49. The molecule has 13 fully saturated rings. The quantitative estimate of drug-likeness (QED) is 0.0538. The SMILES string of the molecule is C1CNCCN1.C1CNCCN1.CC12N3Cc4c(OCCCS(=O)(=O)O)ccc(OCCCS(=O)(=O)O)c4CN1C(=O)N1CN4C(=O)N5CN6C(=O)N7CN8C(=O)N9Cc%10c(OCCCS(=O)(=O)O)ccc(OCCCS(=O)(=O)O)c%10CN%10C(=O)N(CN%11C(=O)N(CN%12C(=O)N(CN(C3=O)C12C)C4C%125)C6C%117)C8(C)C%109C. The van der Waals surface area contributed by atoms with Crippen LogP contribution >= 0.6 is 0 Å². The van der Waals surface area contributed by atoms with Crippen molar-refractivity contribution in [2.45, 2.75) is 127 Å². The van der Waals surface area contributed by atoms with Crippen molar-refractivity contribution >= 4 is 88.7 Å². The Hall–Kier alpha value is -8.72. The van der Waals surface area contributed by atoms with E-state index in [4.69, 9.17) is 18.9 Å². The number of nitrogens with one attached hydrogen (secondary N) is 4. The van der Waals surface area contributed by atoms with Crippen LogP contribution in [0.2, 0.25) is 0 Å². The molecule has 15 aliphatic rings. The van der Waals surface area contributed by atoms with Crippen molar-refractivity contribution in [1.82, 2.24) is 99.7 Å². The molecule has 0 spiro atoms. The average Bonchev–Trinajstić information content (AvgIpc) is 1.49. The summed E-state index contributed by atoms with van der Waals surface area (Å²) in [5.74, 6) is -2.01. The molecule has 110 heavy (non-hydrogen) atoms. The van der Waals surface area contributed by atoms with Gasteiger partial charge in [-0.25, -0.2) is 38.4 Å². The minimum atomic E-state index is -4.38. The van der Waals surface area contributed by atoms with E-state index in [9.17, 15) is 51.9 Å². The Morgan fingerprint density at radius 1 is 0.309 bits per heavy atom. The van der Waals surface area contributed by atoms with Crippen LogP contribution in [0, 0.1) is 0 Å². The molecule has 15 heterocycles. The topological polar surface area (TPSA) is 491 Å². The Balaban J connectivity index is 0.000000732. The summed E-state index contributed by atoms with van der Waals surface area (Å²) in [5.41, 5.74) is -5.55. The number of benzene rings is 2. The molecule has 8 N–H and O–H groups in total. The molecule has 16 amide bonds. The molecule has 48 heteroatoms. The largest absolute Gasteiger partial charge is 0.493 e. The van der Waals surface area contributed by atoms with E-state index in [0.717, 1.165) is 52.4 Å². The van der Waals surface area contributed by atoms with Crippen molar-refractivity contribution in [1.29, 1.82) is 0 Å². The normalized spacial score (nSPS) is 29.0. The lowest BCUT2D eigenvalue weighted by Crippen LogP contribution is -2.69. The van der Waals surface area contributed by atoms with Gasteiger partial charge in [0, 0.05) is 74.6 Å². The van der Waals surface area contributed by atoms with Crippen molar-refractivity contribution in [3.63, 3.8) is 0 Å². The van der Waals surface area contributed by atoms with Gasteiger partial charge in [-0.2, -0.15) is 33.7 Å². The molecular formula is C62H88N20O24S4. The number of rotatable bonds is 20. The summed E-state index contributed by atoms with van der Waals surface area (Å²) in [6.07, 6.45) is -5.79. The summed E-state index contributed by atoms with van der Waals surface area (Å²) in [5, 5.41) is 12.9. The molecule has 0 aliphatic carbocycles. The molecule has 2 aromatic carbocycles. The molecular weight excluding hydrogens is 1540 g/mol. The molecule has 0 unspecified atom stereocenters. The summed E-state index contributed by atoms with van der Waals surface area (Å²) in [6, 6.07) is 0.128. The minimum Gasteiger partial charge on any atom is -0.493 e. The number of ether oxygens (including phenoxy) is 4. The maximum Gasteiger partial charge on any atom is 0.326 e. The third kappa shape index (κ3) is 12.3. The van der Waals surface area contributed by atoms with Gasteiger partial charge in [0.2, 0.25) is 0 Å². The lowest BCUT2D eigenvalue weighted by atomic mass is 9.95. The average molecular weight is 1630 g/mol. The number of piperazine rings is 2. The number of fused-ring (bicyclic) bond motifs is 2. The van der Waals surface area contributed by atoms with Gasteiger partial charge in [-0.15, -0.1) is 0 Å². The molecule has 2 aromatic rings. The molecule has 0 bridgehead atoms. The van der Waals surface area contributed by atoms with Gasteiger partial charge in [0.25, 0.3) is 40.5 Å². The van der Waals surface area contributed by atoms with Gasteiger partial charge in [0.15, 0.2) is 47.3 Å². The zero-order valence-corrected chi connectivity index (χ0v) is 63.8. The van der Waals surface area contributed by atoms with Crippen molar-refractivity contribution in [2.75, 3.05) is 142 Å². The number of hydrogen-bond donors (Lipinski definition) is 8. The van der Waals surface area contributed by atoms with E-state index in [1.165, 1.54) is 103 Å². The van der Waals surface area contributed by atoms with E-state index in [0.29, 0.717) is 22.3 Å². The Bertz CT molecular complexity index is 4080. The van der Waals surface area contributed by atoms with E-state index >= 15 is 38.4 Å². The molecule has 0 atom stereocenters. The van der Waals surface area contributed by atoms with Crippen LogP contribution in [0.15, 0.2) is 24.3 Å². The van der Waals surface area contributed by atoms with Crippen LogP contribution in [-0.2, 0) is 66.7 Å². The van der Waals surface area contributed by atoms with Crippen LogP contribution < -0.4 is 40.2 Å². The molecule has 0 saturated carbocycles. The Morgan fingerprint density at radius 3 is 0.673 bits per heavy atom. The molecule has 44 nitrogen and oxygen atoms in total. The summed E-state index contributed by atoms with van der Waals surface area (Å²) in [4.78, 5) is 146. The first kappa shape index (κ1) is 76.6. The zero-order chi connectivity index (χ0) is 78.5. The Morgan fingerprint density at radius 2 is 0.491 bits per heavy atom. The van der Waals surface area contributed by atoms with Gasteiger partial charge in [-0.1, -0.05) is 0 Å². The number of hydrogen-bond acceptors (Lipinski definition) is 24. The second-order valence-corrected chi connectivity index (χ2v) is 35.9. The van der Waals surface area contributed by atoms with Crippen LogP contribution in [0.5, 0.6) is 23.0 Å². The second-order valence-electron chi connectivity index (χ2n) is 29.7. The van der Waals surface area contributed by atoms with Gasteiger partial charge < -0.3 is 40.2 Å². The van der Waals surface area contributed by atoms with Crippen LogP contribution in [0.4, 0.5) is 38.4 Å². The highest BCUT2D eigenvalue weighted by atomic mass is 32.2. The first-order valence-corrected chi connectivity index (χ1v) is 42.5. The molecule has 15 aliphatic heterocycles. The van der Waals surface area contributed by atoms with Gasteiger partial charge in [0.1, 0.15) is 63.0 Å². The van der Waals surface area contributed by atoms with E-state index < -0.39 is 199 Å². The van der Waals surface area contributed by atoms with Crippen molar-refractivity contribution in [3.8, 4) is 23.0 Å². The van der Waals surface area contributed by atoms with Gasteiger partial charge in [0.05, 0.1) is 75.6 Å². The first-order chi connectivity index (χ1) is 51.9. The van der Waals surface area contributed by atoms with Crippen LogP contribution in [0.1, 0.15) is 75.6 Å². The predicted molar refractivity (Wildman–Crippen MR) is 376 cm³/mol. The Labute approximate surface area is 632 Å². The monoisotopic (exact) mass is 1620 g/mol. The van der Waals surface area contributed by atoms with Crippen molar-refractivity contribution in [3.05, 3.63) is 46.5 Å². The highest BCUT2D eigenvalue weighted by Crippen LogP contribution is 2.60. The second kappa shape index (κ2) is 27.6. The highest BCUT2D eigenvalue weighted by molar-refractivity contribution is 7.86.